The van der Waals surface area contributed by atoms with Gasteiger partial charge in [-0.2, -0.15) is 0 Å². The van der Waals surface area contributed by atoms with Crippen LogP contribution in [0.1, 0.15) is 0 Å². The highest BCUT2D eigenvalue weighted by atomic mass is 35.5. The van der Waals surface area contributed by atoms with Crippen molar-refractivity contribution in [1.82, 2.24) is 0 Å². The minimum absolute atomic E-state index is 0.223. The molecule has 13 heavy (non-hydrogen) atoms. The van der Waals surface area contributed by atoms with Crippen molar-refractivity contribution in [2.75, 3.05) is 6.61 Å². The molecule has 72 valence electrons. The average Bonchev–Trinajstić information content (AvgIpc) is 2.07. The van der Waals surface area contributed by atoms with E-state index in [1.807, 2.05) is 0 Å². The number of hydrogen-bond acceptors (Lipinski definition) is 1. The van der Waals surface area contributed by atoms with Crippen LogP contribution >= 0.6 is 46.4 Å². The molecule has 0 unspecified atom stereocenters. The Morgan fingerprint density at radius 1 is 1.15 bits per heavy atom. The van der Waals surface area contributed by atoms with E-state index in [1.54, 1.807) is 18.2 Å². The Morgan fingerprint density at radius 2 is 1.85 bits per heavy atom. The highest BCUT2D eigenvalue weighted by Gasteiger charge is 2.02. The Morgan fingerprint density at radius 3 is 2.38 bits per heavy atom. The molecule has 1 rings (SSSR count). The molecule has 0 saturated carbocycles. The van der Waals surface area contributed by atoms with Gasteiger partial charge in [0.1, 0.15) is 17.2 Å². The molecular formula is C8H6Cl4O. The van der Waals surface area contributed by atoms with Crippen molar-refractivity contribution in [2.45, 2.75) is 4.84 Å². The Hall–Kier alpha value is 0.180. The summed E-state index contributed by atoms with van der Waals surface area (Å²) in [4.78, 5) is -0.547. The van der Waals surface area contributed by atoms with Gasteiger partial charge in [0.25, 0.3) is 0 Å². The number of benzene rings is 1. The van der Waals surface area contributed by atoms with E-state index in [9.17, 15) is 0 Å². The van der Waals surface area contributed by atoms with Gasteiger partial charge in [-0.3, -0.25) is 0 Å². The zero-order valence-electron chi connectivity index (χ0n) is 6.44. The molecular weight excluding hydrogens is 254 g/mol. The van der Waals surface area contributed by atoms with Gasteiger partial charge < -0.3 is 4.74 Å². The molecule has 0 spiro atoms. The summed E-state index contributed by atoms with van der Waals surface area (Å²) in [7, 11) is 0. The SMILES string of the molecule is Clc1ccc(OCC(Cl)Cl)cc1Cl. The van der Waals surface area contributed by atoms with Crippen molar-refractivity contribution in [1.29, 1.82) is 0 Å². The Bertz CT molecular complexity index is 287. The molecule has 0 N–H and O–H groups in total. The van der Waals surface area contributed by atoms with Crippen LogP contribution < -0.4 is 4.74 Å². The van der Waals surface area contributed by atoms with Crippen LogP contribution in [0.5, 0.6) is 5.75 Å². The first-order chi connectivity index (χ1) is 6.09. The molecule has 1 nitrogen and oxygen atoms in total. The lowest BCUT2D eigenvalue weighted by atomic mass is 10.3. The number of ether oxygens (including phenoxy) is 1. The van der Waals surface area contributed by atoms with Crippen molar-refractivity contribution in [3.8, 4) is 5.75 Å². The fourth-order valence-corrected chi connectivity index (χ4v) is 1.14. The maximum absolute atomic E-state index is 5.75. The molecule has 1 aromatic carbocycles. The molecule has 0 aliphatic rings. The number of halogens is 4. The van der Waals surface area contributed by atoms with Gasteiger partial charge >= 0.3 is 0 Å². The monoisotopic (exact) mass is 258 g/mol. The summed E-state index contributed by atoms with van der Waals surface area (Å²) in [5.41, 5.74) is 0. The first kappa shape index (κ1) is 11.3. The van der Waals surface area contributed by atoms with Crippen LogP contribution in [0, 0.1) is 0 Å². The average molecular weight is 260 g/mol. The van der Waals surface area contributed by atoms with E-state index in [-0.39, 0.29) is 6.61 Å². The highest BCUT2D eigenvalue weighted by Crippen LogP contribution is 2.26. The standard InChI is InChI=1S/C8H6Cl4O/c9-6-2-1-5(3-7(6)10)13-4-8(11)12/h1-3,8H,4H2. The molecule has 0 radical (unpaired) electrons. The minimum Gasteiger partial charge on any atom is -0.491 e. The van der Waals surface area contributed by atoms with Crippen LogP contribution in [-0.4, -0.2) is 11.4 Å². The van der Waals surface area contributed by atoms with Crippen LogP contribution in [0.25, 0.3) is 0 Å². The van der Waals surface area contributed by atoms with Crippen molar-refractivity contribution >= 4 is 46.4 Å². The van der Waals surface area contributed by atoms with Crippen LogP contribution in [0.3, 0.4) is 0 Å². The molecule has 0 saturated heterocycles. The fraction of sp³-hybridized carbons (Fsp3) is 0.250. The molecule has 0 aliphatic carbocycles. The van der Waals surface area contributed by atoms with E-state index in [0.717, 1.165) is 0 Å². The lowest BCUT2D eigenvalue weighted by Gasteiger charge is -2.06. The highest BCUT2D eigenvalue weighted by molar-refractivity contribution is 6.44. The minimum atomic E-state index is -0.547. The normalized spacial score (nSPS) is 10.5. The van der Waals surface area contributed by atoms with Crippen LogP contribution in [0.4, 0.5) is 0 Å². The van der Waals surface area contributed by atoms with Gasteiger partial charge in [0.2, 0.25) is 0 Å². The van der Waals surface area contributed by atoms with Gasteiger partial charge in [0, 0.05) is 6.07 Å². The summed E-state index contributed by atoms with van der Waals surface area (Å²) in [6, 6.07) is 4.96. The maximum atomic E-state index is 5.75. The smallest absolute Gasteiger partial charge is 0.141 e. The second-order valence-corrected chi connectivity index (χ2v) is 4.37. The predicted octanol–water partition coefficient (Wildman–Crippen LogP) is 4.18. The lowest BCUT2D eigenvalue weighted by molar-refractivity contribution is 0.334. The van der Waals surface area contributed by atoms with Gasteiger partial charge in [-0.05, 0) is 12.1 Å². The zero-order chi connectivity index (χ0) is 9.84. The summed E-state index contributed by atoms with van der Waals surface area (Å²) in [6.45, 7) is 0.223. The molecule has 0 aromatic heterocycles. The number of rotatable bonds is 3. The van der Waals surface area contributed by atoms with E-state index < -0.39 is 4.84 Å². The van der Waals surface area contributed by atoms with Crippen LogP contribution in [0.15, 0.2) is 18.2 Å². The maximum Gasteiger partial charge on any atom is 0.141 e. The second kappa shape index (κ2) is 5.16. The van der Waals surface area contributed by atoms with Crippen molar-refractivity contribution in [3.63, 3.8) is 0 Å². The Labute approximate surface area is 96.5 Å². The molecule has 5 heteroatoms. The van der Waals surface area contributed by atoms with E-state index in [0.29, 0.717) is 15.8 Å². The molecule has 0 atom stereocenters. The molecule has 1 aromatic rings. The van der Waals surface area contributed by atoms with Gasteiger partial charge in [-0.15, -0.1) is 23.2 Å². The Balaban J connectivity index is 2.63. The molecule has 0 amide bonds. The number of hydrogen-bond donors (Lipinski definition) is 0. The third kappa shape index (κ3) is 3.82. The van der Waals surface area contributed by atoms with Gasteiger partial charge in [-0.1, -0.05) is 23.2 Å². The largest absolute Gasteiger partial charge is 0.491 e. The topological polar surface area (TPSA) is 9.23 Å². The van der Waals surface area contributed by atoms with Crippen molar-refractivity contribution < 1.29 is 4.74 Å². The summed E-state index contributed by atoms with van der Waals surface area (Å²) in [5.74, 6) is 0.598. The van der Waals surface area contributed by atoms with Crippen LogP contribution in [0.2, 0.25) is 10.0 Å². The van der Waals surface area contributed by atoms with Crippen LogP contribution in [-0.2, 0) is 0 Å². The fourth-order valence-electron chi connectivity index (χ4n) is 0.726. The summed E-state index contributed by atoms with van der Waals surface area (Å²) in [6.07, 6.45) is 0. The van der Waals surface area contributed by atoms with Crippen molar-refractivity contribution in [3.05, 3.63) is 28.2 Å². The summed E-state index contributed by atoms with van der Waals surface area (Å²) in [5, 5.41) is 0.933. The zero-order valence-corrected chi connectivity index (χ0v) is 9.46. The summed E-state index contributed by atoms with van der Waals surface area (Å²) < 4.78 is 5.20. The lowest BCUT2D eigenvalue weighted by Crippen LogP contribution is -2.04. The quantitative estimate of drug-likeness (QED) is 0.741. The molecule has 0 heterocycles. The third-order valence-corrected chi connectivity index (χ3v) is 2.26. The van der Waals surface area contributed by atoms with Gasteiger partial charge in [-0.25, -0.2) is 0 Å². The summed E-state index contributed by atoms with van der Waals surface area (Å²) >= 11 is 22.4. The Kier molecular flexibility index (Phi) is 4.47. The van der Waals surface area contributed by atoms with E-state index in [2.05, 4.69) is 0 Å². The molecule has 0 bridgehead atoms. The first-order valence-electron chi connectivity index (χ1n) is 3.45. The van der Waals surface area contributed by atoms with Crippen molar-refractivity contribution in [2.24, 2.45) is 0 Å². The first-order valence-corrected chi connectivity index (χ1v) is 5.08. The van der Waals surface area contributed by atoms with E-state index >= 15 is 0 Å². The molecule has 0 fully saturated rings. The third-order valence-electron chi connectivity index (χ3n) is 1.27. The second-order valence-electron chi connectivity index (χ2n) is 2.28. The van der Waals surface area contributed by atoms with E-state index in [1.165, 1.54) is 0 Å². The van der Waals surface area contributed by atoms with E-state index in [4.69, 9.17) is 51.1 Å². The molecule has 0 aliphatic heterocycles. The van der Waals surface area contributed by atoms with Gasteiger partial charge in [0.15, 0.2) is 0 Å². The number of alkyl halides is 2. The predicted molar refractivity (Wildman–Crippen MR) is 57.5 cm³/mol. The van der Waals surface area contributed by atoms with Gasteiger partial charge in [0.05, 0.1) is 10.0 Å².